The van der Waals surface area contributed by atoms with Gasteiger partial charge in [0.1, 0.15) is 5.75 Å². The number of nitrogens with zero attached hydrogens (tertiary/aromatic N) is 1. The number of benzene rings is 1. The van der Waals surface area contributed by atoms with E-state index in [9.17, 15) is 18.3 Å². The number of nitrogens with one attached hydrogen (secondary N) is 1. The van der Waals surface area contributed by atoms with Crippen LogP contribution in [-0.4, -0.2) is 35.8 Å². The monoisotopic (exact) mass is 328 g/mol. The van der Waals surface area contributed by atoms with E-state index in [-0.39, 0.29) is 27.0 Å². The lowest BCUT2D eigenvalue weighted by Crippen LogP contribution is -2.12. The zero-order chi connectivity index (χ0) is 15.6. The molecule has 9 heteroatoms. The maximum atomic E-state index is 12.0. The third kappa shape index (κ3) is 3.38. The molecule has 1 aromatic heterocycles. The number of carbonyl (C=O) groups excluding carboxylic acids is 1. The van der Waals surface area contributed by atoms with Gasteiger partial charge in [-0.3, -0.25) is 10.1 Å². The molecule has 3 N–H and O–H groups in total. The number of carbonyl (C=O) groups is 1. The van der Waals surface area contributed by atoms with Crippen LogP contribution in [0.2, 0.25) is 0 Å². The number of hydrogen-bond acceptors (Lipinski definition) is 7. The first kappa shape index (κ1) is 15.4. The Bertz CT molecular complexity index is 783. The second-order valence-electron chi connectivity index (χ2n) is 4.19. The molecule has 0 atom stereocenters. The Kier molecular flexibility index (Phi) is 4.26. The van der Waals surface area contributed by atoms with Gasteiger partial charge in [-0.2, -0.15) is 0 Å². The molecule has 2 rings (SSSR count). The number of phenols is 1. The lowest BCUT2D eigenvalue weighted by molar-refractivity contribution is 0.102. The van der Waals surface area contributed by atoms with Gasteiger partial charge in [0.25, 0.3) is 5.91 Å². The lowest BCUT2D eigenvalue weighted by Gasteiger charge is -2.07. The third-order valence-electron chi connectivity index (χ3n) is 2.62. The van der Waals surface area contributed by atoms with Gasteiger partial charge < -0.3 is 10.2 Å². The molecule has 0 spiro atoms. The van der Waals surface area contributed by atoms with Gasteiger partial charge in [0.15, 0.2) is 20.0 Å². The third-order valence-corrected chi connectivity index (χ3v) is 4.49. The van der Waals surface area contributed by atoms with E-state index in [1.54, 1.807) is 0 Å². The van der Waals surface area contributed by atoms with E-state index in [0.717, 1.165) is 17.6 Å². The maximum absolute atomic E-state index is 12.0. The summed E-state index contributed by atoms with van der Waals surface area (Å²) in [6, 6.07) is 4.39. The van der Waals surface area contributed by atoms with E-state index in [2.05, 4.69) is 10.3 Å². The number of aliphatic hydroxyl groups excluding tert-OH is 1. The average molecular weight is 328 g/mol. The molecule has 0 saturated carbocycles. The highest BCUT2D eigenvalue weighted by Crippen LogP contribution is 2.25. The normalized spacial score (nSPS) is 11.3. The number of aromatic hydroxyl groups is 1. The summed E-state index contributed by atoms with van der Waals surface area (Å²) in [5, 5.41) is 22.6. The Morgan fingerprint density at radius 1 is 1.43 bits per heavy atom. The van der Waals surface area contributed by atoms with Crippen LogP contribution in [0.1, 0.15) is 15.9 Å². The zero-order valence-corrected chi connectivity index (χ0v) is 12.5. The number of rotatable bonds is 4. The highest BCUT2D eigenvalue weighted by atomic mass is 32.2. The first-order chi connectivity index (χ1) is 9.82. The molecule has 0 saturated heterocycles. The van der Waals surface area contributed by atoms with E-state index in [1.165, 1.54) is 23.6 Å². The van der Waals surface area contributed by atoms with Crippen LogP contribution >= 0.6 is 11.3 Å². The summed E-state index contributed by atoms with van der Waals surface area (Å²) in [4.78, 5) is 15.8. The molecule has 0 bridgehead atoms. The second kappa shape index (κ2) is 5.80. The second-order valence-corrected chi connectivity index (χ2v) is 7.01. The van der Waals surface area contributed by atoms with E-state index >= 15 is 0 Å². The number of aliphatic hydroxyl groups is 1. The minimum atomic E-state index is -3.44. The predicted octanol–water partition coefficient (Wildman–Crippen LogP) is 0.997. The Labute approximate surface area is 124 Å². The lowest BCUT2D eigenvalue weighted by atomic mass is 10.1. The Morgan fingerprint density at radius 2 is 2.14 bits per heavy atom. The van der Waals surface area contributed by atoms with Crippen LogP contribution in [0.5, 0.6) is 5.75 Å². The minimum absolute atomic E-state index is 0.0299. The van der Waals surface area contributed by atoms with Crippen molar-refractivity contribution in [2.45, 2.75) is 11.6 Å². The summed E-state index contributed by atoms with van der Waals surface area (Å²) < 4.78 is 22.6. The van der Waals surface area contributed by atoms with Crippen LogP contribution < -0.4 is 5.32 Å². The molecule has 112 valence electrons. The van der Waals surface area contributed by atoms with Crippen molar-refractivity contribution < 1.29 is 23.4 Å². The van der Waals surface area contributed by atoms with Crippen LogP contribution in [0.25, 0.3) is 0 Å². The van der Waals surface area contributed by atoms with Gasteiger partial charge in [-0.25, -0.2) is 13.4 Å². The Hall–Kier alpha value is -1.97. The molecule has 1 aromatic carbocycles. The van der Waals surface area contributed by atoms with Crippen molar-refractivity contribution in [3.05, 3.63) is 34.7 Å². The van der Waals surface area contributed by atoms with Crippen molar-refractivity contribution in [2.24, 2.45) is 0 Å². The average Bonchev–Trinajstić information content (AvgIpc) is 2.87. The fourth-order valence-corrected chi connectivity index (χ4v) is 3.28. The van der Waals surface area contributed by atoms with E-state index in [4.69, 9.17) is 5.11 Å². The highest BCUT2D eigenvalue weighted by Gasteiger charge is 2.17. The summed E-state index contributed by atoms with van der Waals surface area (Å²) >= 11 is 0.962. The minimum Gasteiger partial charge on any atom is -0.507 e. The summed E-state index contributed by atoms with van der Waals surface area (Å²) in [5.41, 5.74) is 0.191. The first-order valence-corrected chi connectivity index (χ1v) is 8.48. The van der Waals surface area contributed by atoms with Crippen LogP contribution in [-0.2, 0) is 16.4 Å². The highest BCUT2D eigenvalue weighted by molar-refractivity contribution is 7.90. The zero-order valence-electron chi connectivity index (χ0n) is 10.9. The molecule has 0 radical (unpaired) electrons. The van der Waals surface area contributed by atoms with Crippen molar-refractivity contribution >= 4 is 32.2 Å². The SMILES string of the molecule is CS(=O)(=O)c1csc(NC(=O)c2cccc(CO)c2O)n1. The smallest absolute Gasteiger partial charge is 0.261 e. The van der Waals surface area contributed by atoms with Gasteiger partial charge in [0.2, 0.25) is 0 Å². The van der Waals surface area contributed by atoms with Crippen molar-refractivity contribution in [3.8, 4) is 5.75 Å². The number of anilines is 1. The van der Waals surface area contributed by atoms with Crippen molar-refractivity contribution in [1.29, 1.82) is 0 Å². The van der Waals surface area contributed by atoms with Gasteiger partial charge in [0.05, 0.1) is 12.2 Å². The van der Waals surface area contributed by atoms with Crippen LogP contribution in [0, 0.1) is 0 Å². The topological polar surface area (TPSA) is 117 Å². The first-order valence-electron chi connectivity index (χ1n) is 5.71. The number of para-hydroxylation sites is 1. The van der Waals surface area contributed by atoms with Gasteiger partial charge in [0, 0.05) is 17.2 Å². The van der Waals surface area contributed by atoms with Crippen molar-refractivity contribution in [2.75, 3.05) is 11.6 Å². The molecule has 0 aliphatic rings. The number of amides is 1. The summed E-state index contributed by atoms with van der Waals surface area (Å²) in [5.74, 6) is -0.963. The molecule has 0 aliphatic heterocycles. The fraction of sp³-hybridized carbons (Fsp3) is 0.167. The fourth-order valence-electron chi connectivity index (χ4n) is 1.55. The summed E-state index contributed by atoms with van der Waals surface area (Å²) in [6.07, 6.45) is 1.02. The molecular formula is C12H12N2O5S2. The largest absolute Gasteiger partial charge is 0.507 e. The number of thiazole rings is 1. The van der Waals surface area contributed by atoms with Gasteiger partial charge >= 0.3 is 0 Å². The molecule has 0 aliphatic carbocycles. The quantitative estimate of drug-likeness (QED) is 0.771. The van der Waals surface area contributed by atoms with Gasteiger partial charge in [-0.15, -0.1) is 11.3 Å². The molecule has 0 fully saturated rings. The molecule has 2 aromatic rings. The van der Waals surface area contributed by atoms with Crippen LogP contribution in [0.15, 0.2) is 28.6 Å². The maximum Gasteiger partial charge on any atom is 0.261 e. The molecule has 1 amide bonds. The Balaban J connectivity index is 2.25. The van der Waals surface area contributed by atoms with Crippen LogP contribution in [0.4, 0.5) is 5.13 Å². The summed E-state index contributed by atoms with van der Waals surface area (Å²) in [7, 11) is -3.44. The molecule has 7 nitrogen and oxygen atoms in total. The van der Waals surface area contributed by atoms with Crippen LogP contribution in [0.3, 0.4) is 0 Å². The van der Waals surface area contributed by atoms with Gasteiger partial charge in [-0.1, -0.05) is 12.1 Å². The number of aromatic nitrogens is 1. The van der Waals surface area contributed by atoms with E-state index in [1.807, 2.05) is 0 Å². The van der Waals surface area contributed by atoms with Crippen molar-refractivity contribution in [1.82, 2.24) is 4.98 Å². The van der Waals surface area contributed by atoms with E-state index in [0.29, 0.717) is 0 Å². The standard InChI is InChI=1S/C12H12N2O5S2/c1-21(18,19)9-6-20-12(13-9)14-11(17)8-4-2-3-7(5-15)10(8)16/h2-4,6,15-16H,5H2,1H3,(H,13,14,17). The van der Waals surface area contributed by atoms with Crippen molar-refractivity contribution in [3.63, 3.8) is 0 Å². The molecule has 21 heavy (non-hydrogen) atoms. The molecule has 1 heterocycles. The number of hydrogen-bond donors (Lipinski definition) is 3. The Morgan fingerprint density at radius 3 is 2.71 bits per heavy atom. The predicted molar refractivity (Wildman–Crippen MR) is 77.2 cm³/mol. The number of sulfone groups is 1. The molecule has 0 unspecified atom stereocenters. The molecular weight excluding hydrogens is 316 g/mol. The van der Waals surface area contributed by atoms with Gasteiger partial charge in [-0.05, 0) is 6.07 Å². The van der Waals surface area contributed by atoms with E-state index < -0.39 is 22.4 Å². The summed E-state index contributed by atoms with van der Waals surface area (Å²) in [6.45, 7) is -0.400.